The van der Waals surface area contributed by atoms with Gasteiger partial charge in [-0.25, -0.2) is 9.37 Å². The van der Waals surface area contributed by atoms with Crippen molar-refractivity contribution in [1.82, 2.24) is 4.98 Å². The molecule has 0 aliphatic heterocycles. The zero-order valence-corrected chi connectivity index (χ0v) is 14.6. The van der Waals surface area contributed by atoms with Gasteiger partial charge in [0.2, 0.25) is 5.88 Å². The Kier molecular flexibility index (Phi) is 5.47. The van der Waals surface area contributed by atoms with Crippen LogP contribution in [-0.2, 0) is 5.41 Å². The second kappa shape index (κ2) is 7.18. The van der Waals surface area contributed by atoms with Crippen molar-refractivity contribution in [3.63, 3.8) is 0 Å². The monoisotopic (exact) mass is 337 g/mol. The van der Waals surface area contributed by atoms with Crippen LogP contribution in [0, 0.1) is 12.7 Å². The molecule has 0 atom stereocenters. The first-order valence-electron chi connectivity index (χ1n) is 7.45. The normalized spacial score (nSPS) is 11.4. The summed E-state index contributed by atoms with van der Waals surface area (Å²) in [7, 11) is 0. The molecule has 1 aromatic heterocycles. The molecule has 0 fully saturated rings. The van der Waals surface area contributed by atoms with Gasteiger partial charge in [-0.3, -0.25) is 0 Å². The van der Waals surface area contributed by atoms with Gasteiger partial charge in [-0.05, 0) is 35.6 Å². The average molecular weight is 338 g/mol. The Morgan fingerprint density at radius 3 is 2.39 bits per heavy atom. The number of rotatable bonds is 5. The molecule has 0 saturated heterocycles. The van der Waals surface area contributed by atoms with E-state index in [1.54, 1.807) is 19.2 Å². The lowest BCUT2D eigenvalue weighted by atomic mass is 9.88. The van der Waals surface area contributed by atoms with E-state index in [1.807, 2.05) is 12.1 Å². The fourth-order valence-corrected chi connectivity index (χ4v) is 2.34. The molecule has 0 bridgehead atoms. The molecule has 1 heterocycles. The Morgan fingerprint density at radius 1 is 1.13 bits per heavy atom. The van der Waals surface area contributed by atoms with Crippen LogP contribution in [0.4, 0.5) is 4.39 Å². The maximum absolute atomic E-state index is 13.8. The van der Waals surface area contributed by atoms with Gasteiger partial charge in [0, 0.05) is 12.3 Å². The predicted molar refractivity (Wildman–Crippen MR) is 90.1 cm³/mol. The molecule has 5 heteroatoms. The van der Waals surface area contributed by atoms with Gasteiger partial charge in [0.25, 0.3) is 0 Å². The smallest absolute Gasteiger partial charge is 0.213 e. The molecular weight excluding hydrogens is 317 g/mol. The van der Waals surface area contributed by atoms with Gasteiger partial charge in [-0.2, -0.15) is 0 Å². The molecule has 0 aliphatic carbocycles. The van der Waals surface area contributed by atoms with Crippen molar-refractivity contribution in [3.05, 3.63) is 52.4 Å². The Hall–Kier alpha value is -1.81. The third kappa shape index (κ3) is 4.83. The Labute approximate surface area is 141 Å². The third-order valence-electron chi connectivity index (χ3n) is 3.32. The van der Waals surface area contributed by atoms with Gasteiger partial charge in [-0.15, -0.1) is 0 Å². The highest BCUT2D eigenvalue weighted by Crippen LogP contribution is 2.29. The lowest BCUT2D eigenvalue weighted by molar-refractivity contribution is 0.206. The summed E-state index contributed by atoms with van der Waals surface area (Å²) in [5.41, 5.74) is 1.93. The second-order valence-corrected chi connectivity index (χ2v) is 6.80. The van der Waals surface area contributed by atoms with Crippen LogP contribution in [0.1, 0.15) is 31.9 Å². The molecule has 0 aliphatic rings. The third-order valence-corrected chi connectivity index (χ3v) is 3.61. The number of nitrogens with zero attached hydrogens (tertiary/aromatic N) is 1. The number of pyridine rings is 1. The summed E-state index contributed by atoms with van der Waals surface area (Å²) in [5.74, 6) is 0.0941. The second-order valence-electron chi connectivity index (χ2n) is 6.39. The summed E-state index contributed by atoms with van der Waals surface area (Å²) in [4.78, 5) is 4.26. The molecule has 0 N–H and O–H groups in total. The first-order chi connectivity index (χ1) is 10.8. The van der Waals surface area contributed by atoms with Crippen LogP contribution in [0.3, 0.4) is 0 Å². The Bertz CT molecular complexity index is 643. The molecule has 2 aromatic rings. The Balaban J connectivity index is 1.86. The van der Waals surface area contributed by atoms with Crippen molar-refractivity contribution in [2.45, 2.75) is 33.1 Å². The zero-order valence-electron chi connectivity index (χ0n) is 13.8. The van der Waals surface area contributed by atoms with E-state index in [-0.39, 0.29) is 29.4 Å². The molecule has 0 radical (unpaired) electrons. The van der Waals surface area contributed by atoms with Crippen molar-refractivity contribution in [3.8, 4) is 11.6 Å². The van der Waals surface area contributed by atoms with Crippen LogP contribution in [-0.4, -0.2) is 18.2 Å². The number of aromatic nitrogens is 1. The quantitative estimate of drug-likeness (QED) is 0.724. The fraction of sp³-hybridized carbons (Fsp3) is 0.389. The van der Waals surface area contributed by atoms with E-state index in [9.17, 15) is 4.39 Å². The summed E-state index contributed by atoms with van der Waals surface area (Å²) in [6.07, 6.45) is 1.80. The van der Waals surface area contributed by atoms with Crippen LogP contribution in [0.5, 0.6) is 11.6 Å². The van der Waals surface area contributed by atoms with Gasteiger partial charge < -0.3 is 9.47 Å². The van der Waals surface area contributed by atoms with Gasteiger partial charge in [0.05, 0.1) is 5.02 Å². The summed E-state index contributed by atoms with van der Waals surface area (Å²) >= 11 is 5.97. The maximum atomic E-state index is 13.8. The van der Waals surface area contributed by atoms with Crippen molar-refractivity contribution >= 4 is 11.6 Å². The standard InChI is InChI=1S/C18H21ClFNO2/c1-12-9-14(19)17(15(20)10-12)23-8-7-22-16-6-5-13(11-21-16)18(2,3)4/h5-6,9-11H,7-8H2,1-4H3. The van der Waals surface area contributed by atoms with Crippen molar-refractivity contribution in [2.75, 3.05) is 13.2 Å². The molecule has 1 aromatic carbocycles. The summed E-state index contributed by atoms with van der Waals surface area (Å²) in [5, 5.41) is 0.259. The van der Waals surface area contributed by atoms with E-state index in [2.05, 4.69) is 25.8 Å². The van der Waals surface area contributed by atoms with Gasteiger partial charge in [0.15, 0.2) is 11.6 Å². The summed E-state index contributed by atoms with van der Waals surface area (Å²) < 4.78 is 24.6. The highest BCUT2D eigenvalue weighted by molar-refractivity contribution is 6.32. The molecule has 3 nitrogen and oxygen atoms in total. The van der Waals surface area contributed by atoms with E-state index >= 15 is 0 Å². The largest absolute Gasteiger partial charge is 0.485 e. The lowest BCUT2D eigenvalue weighted by Crippen LogP contribution is -2.13. The zero-order chi connectivity index (χ0) is 17.0. The van der Waals surface area contributed by atoms with Gasteiger partial charge >= 0.3 is 0 Å². The molecule has 2 rings (SSSR count). The molecule has 124 valence electrons. The summed E-state index contributed by atoms with van der Waals surface area (Å²) in [6, 6.07) is 6.85. The maximum Gasteiger partial charge on any atom is 0.213 e. The fourth-order valence-electron chi connectivity index (χ4n) is 2.02. The molecule has 0 saturated carbocycles. The summed E-state index contributed by atoms with van der Waals surface area (Å²) in [6.45, 7) is 8.58. The van der Waals surface area contributed by atoms with Gasteiger partial charge in [-0.1, -0.05) is 38.4 Å². The first-order valence-corrected chi connectivity index (χ1v) is 7.83. The lowest BCUT2D eigenvalue weighted by Gasteiger charge is -2.18. The van der Waals surface area contributed by atoms with Crippen LogP contribution < -0.4 is 9.47 Å². The van der Waals surface area contributed by atoms with Gasteiger partial charge in [0.1, 0.15) is 13.2 Å². The van der Waals surface area contributed by atoms with Crippen LogP contribution in [0.15, 0.2) is 30.5 Å². The predicted octanol–water partition coefficient (Wildman–Crippen LogP) is 4.94. The minimum absolute atomic E-state index is 0.0500. The minimum Gasteiger partial charge on any atom is -0.485 e. The van der Waals surface area contributed by atoms with Crippen LogP contribution in [0.25, 0.3) is 0 Å². The number of halogens is 2. The average Bonchev–Trinajstić information content (AvgIpc) is 2.45. The molecule has 0 spiro atoms. The Morgan fingerprint density at radius 2 is 1.83 bits per heavy atom. The molecule has 0 amide bonds. The van der Waals surface area contributed by atoms with E-state index < -0.39 is 5.82 Å². The minimum atomic E-state index is -0.470. The highest BCUT2D eigenvalue weighted by Gasteiger charge is 2.14. The van der Waals surface area contributed by atoms with Crippen molar-refractivity contribution < 1.29 is 13.9 Å². The number of ether oxygens (including phenoxy) is 2. The SMILES string of the molecule is Cc1cc(F)c(OCCOc2ccc(C(C)(C)C)cn2)c(Cl)c1. The van der Waals surface area contributed by atoms with E-state index in [0.29, 0.717) is 5.88 Å². The number of benzene rings is 1. The van der Waals surface area contributed by atoms with Crippen molar-refractivity contribution in [1.29, 1.82) is 0 Å². The van der Waals surface area contributed by atoms with Crippen molar-refractivity contribution in [2.24, 2.45) is 0 Å². The molecular formula is C18H21ClFNO2. The van der Waals surface area contributed by atoms with E-state index in [1.165, 1.54) is 6.07 Å². The van der Waals surface area contributed by atoms with E-state index in [0.717, 1.165) is 11.1 Å². The van der Waals surface area contributed by atoms with E-state index in [4.69, 9.17) is 21.1 Å². The number of hydrogen-bond donors (Lipinski definition) is 0. The first kappa shape index (κ1) is 17.5. The van der Waals surface area contributed by atoms with Crippen LogP contribution >= 0.6 is 11.6 Å². The topological polar surface area (TPSA) is 31.4 Å². The molecule has 23 heavy (non-hydrogen) atoms. The molecule has 0 unspecified atom stereocenters. The van der Waals surface area contributed by atoms with Crippen LogP contribution in [0.2, 0.25) is 5.02 Å². The number of hydrogen-bond acceptors (Lipinski definition) is 3. The highest BCUT2D eigenvalue weighted by atomic mass is 35.5. The number of aryl methyl sites for hydroxylation is 1.